The SMILES string of the molecule is CCCOc1ccc(Br)cc1/C=N\NC(=O)c1ccccc1Cl. The molecule has 0 fully saturated rings. The van der Waals surface area contributed by atoms with E-state index in [1.54, 1.807) is 30.5 Å². The predicted octanol–water partition coefficient (Wildman–Crippen LogP) is 4.66. The summed E-state index contributed by atoms with van der Waals surface area (Å²) in [6, 6.07) is 12.4. The molecule has 1 N–H and O–H groups in total. The highest BCUT2D eigenvalue weighted by Crippen LogP contribution is 2.22. The molecule has 23 heavy (non-hydrogen) atoms. The Morgan fingerprint density at radius 3 is 2.87 bits per heavy atom. The molecule has 0 aromatic heterocycles. The molecule has 0 unspecified atom stereocenters. The molecule has 0 bridgehead atoms. The van der Waals surface area contributed by atoms with E-state index in [-0.39, 0.29) is 5.91 Å². The summed E-state index contributed by atoms with van der Waals surface area (Å²) in [5, 5.41) is 4.37. The van der Waals surface area contributed by atoms with Gasteiger partial charge in [-0.3, -0.25) is 4.79 Å². The molecule has 0 saturated carbocycles. The van der Waals surface area contributed by atoms with Gasteiger partial charge in [-0.25, -0.2) is 5.43 Å². The molecule has 0 radical (unpaired) electrons. The maximum atomic E-state index is 12.0. The van der Waals surface area contributed by atoms with E-state index in [9.17, 15) is 4.79 Å². The Balaban J connectivity index is 2.09. The zero-order chi connectivity index (χ0) is 16.7. The largest absolute Gasteiger partial charge is 0.493 e. The molecule has 1 amide bonds. The van der Waals surface area contributed by atoms with E-state index in [1.807, 2.05) is 25.1 Å². The molecule has 0 saturated heterocycles. The maximum Gasteiger partial charge on any atom is 0.272 e. The molecule has 0 heterocycles. The number of rotatable bonds is 6. The number of ether oxygens (including phenoxy) is 1. The normalized spacial score (nSPS) is 10.7. The highest BCUT2D eigenvalue weighted by atomic mass is 79.9. The van der Waals surface area contributed by atoms with Gasteiger partial charge in [0.1, 0.15) is 5.75 Å². The minimum absolute atomic E-state index is 0.363. The summed E-state index contributed by atoms with van der Waals surface area (Å²) >= 11 is 9.39. The smallest absolute Gasteiger partial charge is 0.272 e. The third-order valence-corrected chi connectivity index (χ3v) is 3.74. The average molecular weight is 396 g/mol. The number of carbonyl (C=O) groups excluding carboxylic acids is 1. The van der Waals surface area contributed by atoms with Crippen molar-refractivity contribution in [1.29, 1.82) is 0 Å². The second-order valence-electron chi connectivity index (χ2n) is 4.71. The van der Waals surface area contributed by atoms with Gasteiger partial charge in [-0.15, -0.1) is 0 Å². The first kappa shape index (κ1) is 17.5. The van der Waals surface area contributed by atoms with Crippen LogP contribution in [0.2, 0.25) is 5.02 Å². The van der Waals surface area contributed by atoms with Crippen molar-refractivity contribution >= 4 is 39.7 Å². The third-order valence-electron chi connectivity index (χ3n) is 2.92. The van der Waals surface area contributed by atoms with Crippen LogP contribution >= 0.6 is 27.5 Å². The van der Waals surface area contributed by atoms with Crippen molar-refractivity contribution in [3.63, 3.8) is 0 Å². The highest BCUT2D eigenvalue weighted by molar-refractivity contribution is 9.10. The van der Waals surface area contributed by atoms with Crippen LogP contribution in [0, 0.1) is 0 Å². The number of nitrogens with one attached hydrogen (secondary N) is 1. The van der Waals surface area contributed by atoms with Gasteiger partial charge in [-0.05, 0) is 36.8 Å². The number of hydrogen-bond acceptors (Lipinski definition) is 3. The van der Waals surface area contributed by atoms with Crippen LogP contribution < -0.4 is 10.2 Å². The number of halogens is 2. The summed E-state index contributed by atoms with van der Waals surface area (Å²) in [5.41, 5.74) is 3.61. The van der Waals surface area contributed by atoms with Crippen LogP contribution in [0.3, 0.4) is 0 Å². The Morgan fingerprint density at radius 2 is 2.13 bits per heavy atom. The lowest BCUT2D eigenvalue weighted by Crippen LogP contribution is -2.18. The van der Waals surface area contributed by atoms with E-state index >= 15 is 0 Å². The molecule has 0 spiro atoms. The van der Waals surface area contributed by atoms with Crippen molar-refractivity contribution in [3.8, 4) is 5.75 Å². The fourth-order valence-electron chi connectivity index (χ4n) is 1.83. The van der Waals surface area contributed by atoms with Crippen LogP contribution in [0.15, 0.2) is 52.0 Å². The lowest BCUT2D eigenvalue weighted by Gasteiger charge is -2.08. The quantitative estimate of drug-likeness (QED) is 0.571. The fraction of sp³-hybridized carbons (Fsp3) is 0.176. The summed E-state index contributed by atoms with van der Waals surface area (Å²) in [4.78, 5) is 12.0. The van der Waals surface area contributed by atoms with Crippen molar-refractivity contribution in [1.82, 2.24) is 5.43 Å². The van der Waals surface area contributed by atoms with E-state index < -0.39 is 0 Å². The van der Waals surface area contributed by atoms with E-state index in [2.05, 4.69) is 26.5 Å². The average Bonchev–Trinajstić information content (AvgIpc) is 2.54. The van der Waals surface area contributed by atoms with Gasteiger partial charge in [0.25, 0.3) is 5.91 Å². The van der Waals surface area contributed by atoms with Gasteiger partial charge in [-0.2, -0.15) is 5.10 Å². The highest BCUT2D eigenvalue weighted by Gasteiger charge is 2.08. The molecular weight excluding hydrogens is 380 g/mol. The van der Waals surface area contributed by atoms with Crippen molar-refractivity contribution in [3.05, 3.63) is 63.1 Å². The zero-order valence-corrected chi connectivity index (χ0v) is 14.9. The molecule has 6 heteroatoms. The van der Waals surface area contributed by atoms with Crippen LogP contribution in [0.25, 0.3) is 0 Å². The number of benzene rings is 2. The second kappa shape index (κ2) is 8.70. The standard InChI is InChI=1S/C17H16BrClN2O2/c1-2-9-23-16-8-7-13(18)10-12(16)11-20-21-17(22)14-5-3-4-6-15(14)19/h3-8,10-11H,2,9H2,1H3,(H,21,22)/b20-11-. The monoisotopic (exact) mass is 394 g/mol. The number of amides is 1. The lowest BCUT2D eigenvalue weighted by molar-refractivity contribution is 0.0955. The van der Waals surface area contributed by atoms with E-state index in [0.717, 1.165) is 16.5 Å². The molecular formula is C17H16BrClN2O2. The summed E-state index contributed by atoms with van der Waals surface area (Å²) in [7, 11) is 0. The summed E-state index contributed by atoms with van der Waals surface area (Å²) in [5.74, 6) is 0.351. The molecule has 0 aliphatic heterocycles. The molecule has 0 aliphatic rings. The van der Waals surface area contributed by atoms with E-state index in [1.165, 1.54) is 0 Å². The summed E-state index contributed by atoms with van der Waals surface area (Å²) in [6.07, 6.45) is 2.46. The van der Waals surface area contributed by atoms with Gasteiger partial charge >= 0.3 is 0 Å². The maximum absolute atomic E-state index is 12.0. The Kier molecular flexibility index (Phi) is 6.62. The van der Waals surface area contributed by atoms with Crippen LogP contribution in [0.1, 0.15) is 29.3 Å². The van der Waals surface area contributed by atoms with Crippen LogP contribution in [-0.4, -0.2) is 18.7 Å². The lowest BCUT2D eigenvalue weighted by atomic mass is 10.2. The number of hydrazone groups is 1. The zero-order valence-electron chi connectivity index (χ0n) is 12.6. The molecule has 120 valence electrons. The topological polar surface area (TPSA) is 50.7 Å². The van der Waals surface area contributed by atoms with Crippen LogP contribution in [0.5, 0.6) is 5.75 Å². The van der Waals surface area contributed by atoms with Crippen LogP contribution in [0.4, 0.5) is 0 Å². The van der Waals surface area contributed by atoms with E-state index in [4.69, 9.17) is 16.3 Å². The first-order valence-corrected chi connectivity index (χ1v) is 8.29. The van der Waals surface area contributed by atoms with Crippen LogP contribution in [-0.2, 0) is 0 Å². The second-order valence-corrected chi connectivity index (χ2v) is 6.03. The first-order valence-electron chi connectivity index (χ1n) is 7.12. The Hall–Kier alpha value is -1.85. The van der Waals surface area contributed by atoms with Crippen molar-refractivity contribution in [2.45, 2.75) is 13.3 Å². The Morgan fingerprint density at radius 1 is 1.35 bits per heavy atom. The Bertz CT molecular complexity index is 719. The van der Waals surface area contributed by atoms with Gasteiger partial charge in [0.15, 0.2) is 0 Å². The molecule has 0 atom stereocenters. The Labute approximate surface area is 148 Å². The molecule has 2 aromatic rings. The van der Waals surface area contributed by atoms with E-state index in [0.29, 0.717) is 22.9 Å². The molecule has 4 nitrogen and oxygen atoms in total. The van der Waals surface area contributed by atoms with Crippen molar-refractivity contribution in [2.24, 2.45) is 5.10 Å². The fourth-order valence-corrected chi connectivity index (χ4v) is 2.43. The minimum atomic E-state index is -0.363. The van der Waals surface area contributed by atoms with Gasteiger partial charge < -0.3 is 4.74 Å². The summed E-state index contributed by atoms with van der Waals surface area (Å²) in [6.45, 7) is 2.66. The van der Waals surface area contributed by atoms with Crippen molar-refractivity contribution in [2.75, 3.05) is 6.61 Å². The summed E-state index contributed by atoms with van der Waals surface area (Å²) < 4.78 is 6.56. The molecule has 2 aromatic carbocycles. The van der Waals surface area contributed by atoms with Gasteiger partial charge in [0.2, 0.25) is 0 Å². The third kappa shape index (κ3) is 5.08. The molecule has 0 aliphatic carbocycles. The van der Waals surface area contributed by atoms with Gasteiger partial charge in [-0.1, -0.05) is 46.6 Å². The minimum Gasteiger partial charge on any atom is -0.493 e. The number of nitrogens with zero attached hydrogens (tertiary/aromatic N) is 1. The van der Waals surface area contributed by atoms with Crippen molar-refractivity contribution < 1.29 is 9.53 Å². The van der Waals surface area contributed by atoms with Gasteiger partial charge in [0, 0.05) is 10.0 Å². The first-order chi connectivity index (χ1) is 11.1. The number of hydrogen-bond donors (Lipinski definition) is 1. The van der Waals surface area contributed by atoms with Gasteiger partial charge in [0.05, 0.1) is 23.4 Å². The predicted molar refractivity (Wildman–Crippen MR) is 96.4 cm³/mol. The molecule has 2 rings (SSSR count). The number of carbonyl (C=O) groups is 1.